The van der Waals surface area contributed by atoms with E-state index in [-0.39, 0.29) is 28.9 Å². The third-order valence-electron chi connectivity index (χ3n) is 7.74. The van der Waals surface area contributed by atoms with Gasteiger partial charge in [-0.3, -0.25) is 9.78 Å². The van der Waals surface area contributed by atoms with Crippen molar-refractivity contribution in [1.29, 1.82) is 0 Å². The Morgan fingerprint density at radius 1 is 1.15 bits per heavy atom. The zero-order chi connectivity index (χ0) is 23.4. The van der Waals surface area contributed by atoms with Gasteiger partial charge in [0.25, 0.3) is 5.91 Å². The van der Waals surface area contributed by atoms with Crippen molar-refractivity contribution in [3.63, 3.8) is 0 Å². The molecule has 4 N–H and O–H groups in total. The van der Waals surface area contributed by atoms with E-state index in [1.807, 2.05) is 23.8 Å². The summed E-state index contributed by atoms with van der Waals surface area (Å²) in [6.07, 6.45) is 6.31. The first-order valence-corrected chi connectivity index (χ1v) is 11.7. The largest absolute Gasteiger partial charge is 0.382 e. The van der Waals surface area contributed by atoms with Gasteiger partial charge in [0, 0.05) is 44.1 Å². The zero-order valence-corrected chi connectivity index (χ0v) is 19.2. The normalized spacial score (nSPS) is 20.9. The number of aryl methyl sites for hydroxylation is 1. The van der Waals surface area contributed by atoms with Gasteiger partial charge in [0.2, 0.25) is 0 Å². The number of nitrogen functional groups attached to an aromatic ring is 1. The average Bonchev–Trinajstić information content (AvgIpc) is 3.36. The second kappa shape index (κ2) is 7.73. The highest BCUT2D eigenvalue weighted by molar-refractivity contribution is 5.96. The number of hydrogen-bond donors (Lipinski definition) is 2. The van der Waals surface area contributed by atoms with E-state index in [0.717, 1.165) is 49.7 Å². The van der Waals surface area contributed by atoms with Gasteiger partial charge in [-0.15, -0.1) is 10.2 Å². The summed E-state index contributed by atoms with van der Waals surface area (Å²) in [7, 11) is 0. The number of pyridine rings is 1. The number of nitrogens with zero attached hydrogens (tertiary/aromatic N) is 8. The summed E-state index contributed by atoms with van der Waals surface area (Å²) < 4.78 is 2.02. The maximum Gasteiger partial charge on any atom is 0.276 e. The van der Waals surface area contributed by atoms with E-state index >= 15 is 0 Å². The smallest absolute Gasteiger partial charge is 0.276 e. The van der Waals surface area contributed by atoms with Gasteiger partial charge in [0.15, 0.2) is 17.3 Å². The van der Waals surface area contributed by atoms with Crippen molar-refractivity contribution in [2.45, 2.75) is 45.3 Å². The molecule has 0 aromatic carbocycles. The van der Waals surface area contributed by atoms with E-state index in [2.05, 4.69) is 36.1 Å². The lowest BCUT2D eigenvalue weighted by Crippen LogP contribution is -2.44. The molecule has 11 nitrogen and oxygen atoms in total. The van der Waals surface area contributed by atoms with Gasteiger partial charge in [-0.1, -0.05) is 6.07 Å². The molecule has 1 amide bonds. The van der Waals surface area contributed by atoms with Gasteiger partial charge in [-0.05, 0) is 43.2 Å². The predicted octanol–water partition coefficient (Wildman–Crippen LogP) is 0.852. The Labute approximate surface area is 197 Å². The van der Waals surface area contributed by atoms with Crippen LogP contribution in [0.25, 0.3) is 0 Å². The SMILES string of the molecule is Cc1nnc2n1CCN(C(=O)c1ncc(N3CCC4(CC3)Cc3ncccc3C4N)nc1N)C2. The Kier molecular flexibility index (Phi) is 4.76. The molecule has 0 saturated carbocycles. The molecule has 176 valence electrons. The van der Waals surface area contributed by atoms with Gasteiger partial charge in [-0.2, -0.15) is 0 Å². The quantitative estimate of drug-likeness (QED) is 0.568. The number of fused-ring (bicyclic) bond motifs is 2. The highest BCUT2D eigenvalue weighted by Gasteiger charge is 2.46. The molecular formula is C23H28N10O. The molecule has 5 heterocycles. The molecule has 3 aromatic rings. The molecule has 2 aliphatic heterocycles. The molecular weight excluding hydrogens is 432 g/mol. The predicted molar refractivity (Wildman–Crippen MR) is 125 cm³/mol. The lowest BCUT2D eigenvalue weighted by atomic mass is 9.73. The van der Waals surface area contributed by atoms with Gasteiger partial charge >= 0.3 is 0 Å². The zero-order valence-electron chi connectivity index (χ0n) is 19.2. The highest BCUT2D eigenvalue weighted by atomic mass is 16.2. The maximum atomic E-state index is 13.1. The van der Waals surface area contributed by atoms with E-state index < -0.39 is 0 Å². The lowest BCUT2D eigenvalue weighted by Gasteiger charge is -2.42. The molecule has 0 bridgehead atoms. The lowest BCUT2D eigenvalue weighted by molar-refractivity contribution is 0.0701. The second-order valence-electron chi connectivity index (χ2n) is 9.55. The molecule has 34 heavy (non-hydrogen) atoms. The van der Waals surface area contributed by atoms with Crippen LogP contribution >= 0.6 is 0 Å². The molecule has 1 aliphatic carbocycles. The summed E-state index contributed by atoms with van der Waals surface area (Å²) in [5, 5.41) is 8.26. The molecule has 6 rings (SSSR count). The number of carbonyl (C=O) groups is 1. The number of hydrogen-bond acceptors (Lipinski definition) is 9. The summed E-state index contributed by atoms with van der Waals surface area (Å²) >= 11 is 0. The van der Waals surface area contributed by atoms with E-state index in [0.29, 0.717) is 25.5 Å². The van der Waals surface area contributed by atoms with Gasteiger partial charge in [0.05, 0.1) is 12.7 Å². The van der Waals surface area contributed by atoms with Crippen LogP contribution in [0.2, 0.25) is 0 Å². The number of carbonyl (C=O) groups excluding carboxylic acids is 1. The Hall–Kier alpha value is -3.60. The Balaban J connectivity index is 1.14. The van der Waals surface area contributed by atoms with Crippen molar-refractivity contribution < 1.29 is 4.79 Å². The van der Waals surface area contributed by atoms with Crippen LogP contribution < -0.4 is 16.4 Å². The monoisotopic (exact) mass is 460 g/mol. The van der Waals surface area contributed by atoms with Crippen LogP contribution in [0, 0.1) is 12.3 Å². The Morgan fingerprint density at radius 3 is 2.74 bits per heavy atom. The Bertz CT molecular complexity index is 1260. The van der Waals surface area contributed by atoms with E-state index in [9.17, 15) is 4.79 Å². The van der Waals surface area contributed by atoms with E-state index in [4.69, 9.17) is 11.5 Å². The van der Waals surface area contributed by atoms with Crippen molar-refractivity contribution in [3.05, 3.63) is 53.1 Å². The molecule has 1 unspecified atom stereocenters. The molecule has 1 atom stereocenters. The Morgan fingerprint density at radius 2 is 1.97 bits per heavy atom. The third-order valence-corrected chi connectivity index (χ3v) is 7.74. The second-order valence-corrected chi connectivity index (χ2v) is 9.55. The third kappa shape index (κ3) is 3.22. The molecule has 1 fully saturated rings. The fraction of sp³-hybridized carbons (Fsp3) is 0.478. The van der Waals surface area contributed by atoms with E-state index in [1.54, 1.807) is 11.1 Å². The minimum absolute atomic E-state index is 0.00799. The fourth-order valence-electron chi connectivity index (χ4n) is 5.66. The first-order valence-electron chi connectivity index (χ1n) is 11.7. The molecule has 1 saturated heterocycles. The number of rotatable bonds is 2. The molecule has 1 spiro atoms. The average molecular weight is 461 g/mol. The molecule has 3 aromatic heterocycles. The number of piperidine rings is 1. The summed E-state index contributed by atoms with van der Waals surface area (Å²) in [4.78, 5) is 30.5. The number of nitrogens with two attached hydrogens (primary N) is 2. The van der Waals surface area contributed by atoms with Crippen molar-refractivity contribution in [3.8, 4) is 0 Å². The standard InChI is InChI=1S/C23H28N10O/c1-14-29-30-18-13-32(9-10-33(14)18)22(34)19-21(25)28-17(12-27-19)31-7-4-23(5-8-31)11-16-15(20(23)24)3-2-6-26-16/h2-3,6,12,20H,4-5,7-11,13,24H2,1H3,(H2,25,28). The van der Waals surface area contributed by atoms with Crippen LogP contribution in [-0.2, 0) is 19.5 Å². The topological polar surface area (TPSA) is 145 Å². The van der Waals surface area contributed by atoms with Crippen LogP contribution in [0.5, 0.6) is 0 Å². The van der Waals surface area contributed by atoms with Crippen molar-refractivity contribution in [1.82, 2.24) is 34.6 Å². The van der Waals surface area contributed by atoms with Gasteiger partial charge in [-0.25, -0.2) is 9.97 Å². The van der Waals surface area contributed by atoms with Crippen LogP contribution in [-0.4, -0.2) is 60.2 Å². The summed E-state index contributed by atoms with van der Waals surface area (Å²) in [6.45, 7) is 5.12. The number of aromatic nitrogens is 6. The van der Waals surface area contributed by atoms with Crippen LogP contribution in [0.4, 0.5) is 11.6 Å². The van der Waals surface area contributed by atoms with Crippen LogP contribution in [0.1, 0.15) is 52.3 Å². The maximum absolute atomic E-state index is 13.1. The van der Waals surface area contributed by atoms with Crippen molar-refractivity contribution in [2.24, 2.45) is 11.1 Å². The number of amides is 1. The first kappa shape index (κ1) is 21.0. The summed E-state index contributed by atoms with van der Waals surface area (Å²) in [5.41, 5.74) is 15.4. The van der Waals surface area contributed by atoms with Crippen LogP contribution in [0.3, 0.4) is 0 Å². The molecule has 3 aliphatic rings. The fourth-order valence-corrected chi connectivity index (χ4v) is 5.66. The van der Waals surface area contributed by atoms with Gasteiger partial charge < -0.3 is 25.8 Å². The van der Waals surface area contributed by atoms with Crippen molar-refractivity contribution in [2.75, 3.05) is 30.3 Å². The minimum atomic E-state index is -0.233. The highest BCUT2D eigenvalue weighted by Crippen LogP contribution is 2.50. The molecule has 0 radical (unpaired) electrons. The summed E-state index contributed by atoms with van der Waals surface area (Å²) in [5.74, 6) is 2.24. The minimum Gasteiger partial charge on any atom is -0.382 e. The van der Waals surface area contributed by atoms with Gasteiger partial charge in [0.1, 0.15) is 11.6 Å². The number of anilines is 2. The molecule has 11 heteroatoms. The first-order chi connectivity index (χ1) is 16.4. The van der Waals surface area contributed by atoms with Crippen LogP contribution in [0.15, 0.2) is 24.5 Å². The summed E-state index contributed by atoms with van der Waals surface area (Å²) in [6, 6.07) is 4.07. The van der Waals surface area contributed by atoms with Crippen molar-refractivity contribution >= 4 is 17.5 Å². The van der Waals surface area contributed by atoms with E-state index in [1.165, 1.54) is 5.56 Å².